The summed E-state index contributed by atoms with van der Waals surface area (Å²) in [6.07, 6.45) is 2.50. The number of rotatable bonds is 5. The van der Waals surface area contributed by atoms with Crippen LogP contribution in [-0.2, 0) is 4.74 Å². The molecule has 0 saturated carbocycles. The van der Waals surface area contributed by atoms with E-state index in [1.807, 2.05) is 0 Å². The van der Waals surface area contributed by atoms with E-state index in [-0.39, 0.29) is 5.60 Å². The molecule has 1 fully saturated rings. The van der Waals surface area contributed by atoms with Crippen LogP contribution in [0, 0.1) is 0 Å². The van der Waals surface area contributed by atoms with Crippen LogP contribution in [0.15, 0.2) is 0 Å². The number of ether oxygens (including phenoxy) is 1. The summed E-state index contributed by atoms with van der Waals surface area (Å²) in [5.41, 5.74) is -0.0184. The fourth-order valence-corrected chi connectivity index (χ4v) is 2.64. The van der Waals surface area contributed by atoms with Crippen LogP contribution in [0.25, 0.3) is 0 Å². The lowest BCUT2D eigenvalue weighted by molar-refractivity contribution is -0.0472. The summed E-state index contributed by atoms with van der Waals surface area (Å²) >= 11 is 0. The standard InChI is InChI=1S/C13H28N2O/c1-6-16-13(3,4)10-15-8-7-12(14-5)9-11(15)2/h11-12,14H,6-10H2,1-5H3. The first-order chi connectivity index (χ1) is 7.48. The third-order valence-electron chi connectivity index (χ3n) is 3.54. The molecule has 0 bridgehead atoms. The second-order valence-corrected chi connectivity index (χ2v) is 5.52. The Morgan fingerprint density at radius 2 is 2.12 bits per heavy atom. The average molecular weight is 228 g/mol. The Kier molecular flexibility index (Phi) is 5.22. The van der Waals surface area contributed by atoms with Crippen molar-refractivity contribution in [3.05, 3.63) is 0 Å². The molecule has 1 aliphatic heterocycles. The molecule has 3 heteroatoms. The first-order valence-electron chi connectivity index (χ1n) is 6.53. The van der Waals surface area contributed by atoms with Crippen LogP contribution in [0.4, 0.5) is 0 Å². The topological polar surface area (TPSA) is 24.5 Å². The minimum Gasteiger partial charge on any atom is -0.375 e. The van der Waals surface area contributed by atoms with Gasteiger partial charge in [0, 0.05) is 31.8 Å². The normalized spacial score (nSPS) is 28.3. The Morgan fingerprint density at radius 3 is 2.62 bits per heavy atom. The molecule has 96 valence electrons. The Bertz CT molecular complexity index is 206. The number of nitrogens with zero attached hydrogens (tertiary/aromatic N) is 1. The van der Waals surface area contributed by atoms with Crippen LogP contribution < -0.4 is 5.32 Å². The number of nitrogens with one attached hydrogen (secondary N) is 1. The van der Waals surface area contributed by atoms with E-state index in [0.29, 0.717) is 12.1 Å². The van der Waals surface area contributed by atoms with Crippen molar-refractivity contribution in [3.63, 3.8) is 0 Å². The van der Waals surface area contributed by atoms with Gasteiger partial charge in [-0.25, -0.2) is 0 Å². The van der Waals surface area contributed by atoms with Crippen LogP contribution in [0.2, 0.25) is 0 Å². The van der Waals surface area contributed by atoms with E-state index in [4.69, 9.17) is 4.74 Å². The molecule has 0 aliphatic carbocycles. The highest BCUT2D eigenvalue weighted by Crippen LogP contribution is 2.21. The van der Waals surface area contributed by atoms with Crippen LogP contribution in [-0.4, -0.2) is 49.3 Å². The zero-order valence-corrected chi connectivity index (χ0v) is 11.5. The summed E-state index contributed by atoms with van der Waals surface area (Å²) in [6, 6.07) is 1.35. The van der Waals surface area contributed by atoms with Gasteiger partial charge in [0.1, 0.15) is 0 Å². The molecule has 0 spiro atoms. The SMILES string of the molecule is CCOC(C)(C)CN1CCC(NC)CC1C. The summed E-state index contributed by atoms with van der Waals surface area (Å²) in [5, 5.41) is 3.38. The average Bonchev–Trinajstić information content (AvgIpc) is 2.20. The molecule has 0 radical (unpaired) electrons. The lowest BCUT2D eigenvalue weighted by atomic mass is 9.96. The maximum Gasteiger partial charge on any atom is 0.0752 e. The van der Waals surface area contributed by atoms with Gasteiger partial charge in [0.25, 0.3) is 0 Å². The van der Waals surface area contributed by atoms with Gasteiger partial charge in [-0.2, -0.15) is 0 Å². The van der Waals surface area contributed by atoms with Crippen molar-refractivity contribution >= 4 is 0 Å². The van der Waals surface area contributed by atoms with Crippen molar-refractivity contribution in [1.82, 2.24) is 10.2 Å². The van der Waals surface area contributed by atoms with E-state index in [1.165, 1.54) is 19.4 Å². The molecule has 1 aliphatic rings. The maximum absolute atomic E-state index is 5.78. The van der Waals surface area contributed by atoms with E-state index >= 15 is 0 Å². The van der Waals surface area contributed by atoms with Crippen LogP contribution in [0.1, 0.15) is 40.5 Å². The predicted octanol–water partition coefficient (Wildman–Crippen LogP) is 1.87. The summed E-state index contributed by atoms with van der Waals surface area (Å²) in [7, 11) is 2.07. The molecule has 0 aromatic carbocycles. The lowest BCUT2D eigenvalue weighted by Gasteiger charge is -2.41. The predicted molar refractivity (Wildman–Crippen MR) is 68.8 cm³/mol. The smallest absolute Gasteiger partial charge is 0.0752 e. The fraction of sp³-hybridized carbons (Fsp3) is 1.00. The van der Waals surface area contributed by atoms with Crippen LogP contribution in [0.3, 0.4) is 0 Å². The third kappa shape index (κ3) is 4.04. The van der Waals surface area contributed by atoms with E-state index in [9.17, 15) is 0 Å². The Labute approximate surface area is 101 Å². The molecule has 1 heterocycles. The van der Waals surface area contributed by atoms with Crippen molar-refractivity contribution in [2.75, 3.05) is 26.7 Å². The Morgan fingerprint density at radius 1 is 1.44 bits per heavy atom. The van der Waals surface area contributed by atoms with Crippen molar-refractivity contribution in [2.45, 2.75) is 58.2 Å². The van der Waals surface area contributed by atoms with Crippen LogP contribution >= 0.6 is 0 Å². The summed E-state index contributed by atoms with van der Waals surface area (Å²) in [5.74, 6) is 0. The Balaban J connectivity index is 2.43. The van der Waals surface area contributed by atoms with Gasteiger partial charge in [-0.1, -0.05) is 0 Å². The molecular weight excluding hydrogens is 200 g/mol. The lowest BCUT2D eigenvalue weighted by Crippen LogP contribution is -2.51. The zero-order chi connectivity index (χ0) is 12.2. The highest BCUT2D eigenvalue weighted by Gasteiger charge is 2.29. The summed E-state index contributed by atoms with van der Waals surface area (Å²) in [6.45, 7) is 11.8. The molecule has 0 aromatic heterocycles. The molecule has 2 unspecified atom stereocenters. The van der Waals surface area contributed by atoms with Gasteiger partial charge in [-0.3, -0.25) is 4.90 Å². The van der Waals surface area contributed by atoms with E-state index in [1.54, 1.807) is 0 Å². The minimum absolute atomic E-state index is 0.0184. The number of piperidine rings is 1. The highest BCUT2D eigenvalue weighted by molar-refractivity contribution is 4.85. The van der Waals surface area contributed by atoms with Gasteiger partial charge < -0.3 is 10.1 Å². The van der Waals surface area contributed by atoms with E-state index in [0.717, 1.165) is 13.2 Å². The van der Waals surface area contributed by atoms with Gasteiger partial charge in [0.2, 0.25) is 0 Å². The molecule has 1 N–H and O–H groups in total. The van der Waals surface area contributed by atoms with Crippen molar-refractivity contribution in [2.24, 2.45) is 0 Å². The van der Waals surface area contributed by atoms with E-state index < -0.39 is 0 Å². The number of hydrogen-bond donors (Lipinski definition) is 1. The first-order valence-corrected chi connectivity index (χ1v) is 6.53. The molecule has 0 amide bonds. The second kappa shape index (κ2) is 5.99. The molecule has 3 nitrogen and oxygen atoms in total. The monoisotopic (exact) mass is 228 g/mol. The van der Waals surface area contributed by atoms with Crippen molar-refractivity contribution < 1.29 is 4.74 Å². The van der Waals surface area contributed by atoms with Crippen molar-refractivity contribution in [1.29, 1.82) is 0 Å². The maximum atomic E-state index is 5.78. The van der Waals surface area contributed by atoms with Gasteiger partial charge in [0.15, 0.2) is 0 Å². The van der Waals surface area contributed by atoms with Gasteiger partial charge in [-0.05, 0) is 47.6 Å². The van der Waals surface area contributed by atoms with Crippen LogP contribution in [0.5, 0.6) is 0 Å². The van der Waals surface area contributed by atoms with Gasteiger partial charge in [-0.15, -0.1) is 0 Å². The molecule has 2 atom stereocenters. The van der Waals surface area contributed by atoms with E-state index in [2.05, 4.69) is 45.0 Å². The van der Waals surface area contributed by atoms with Crippen molar-refractivity contribution in [3.8, 4) is 0 Å². The molecule has 1 rings (SSSR count). The zero-order valence-electron chi connectivity index (χ0n) is 11.5. The second-order valence-electron chi connectivity index (χ2n) is 5.52. The quantitative estimate of drug-likeness (QED) is 0.777. The third-order valence-corrected chi connectivity index (χ3v) is 3.54. The molecular formula is C13H28N2O. The fourth-order valence-electron chi connectivity index (χ4n) is 2.64. The molecule has 16 heavy (non-hydrogen) atoms. The highest BCUT2D eigenvalue weighted by atomic mass is 16.5. The summed E-state index contributed by atoms with van der Waals surface area (Å²) in [4.78, 5) is 2.56. The number of hydrogen-bond acceptors (Lipinski definition) is 3. The Hall–Kier alpha value is -0.120. The van der Waals surface area contributed by atoms with Gasteiger partial charge in [0.05, 0.1) is 5.60 Å². The summed E-state index contributed by atoms with van der Waals surface area (Å²) < 4.78 is 5.78. The first kappa shape index (κ1) is 13.9. The number of likely N-dealkylation sites (tertiary alicyclic amines) is 1. The largest absolute Gasteiger partial charge is 0.375 e. The minimum atomic E-state index is -0.0184. The molecule has 0 aromatic rings. The van der Waals surface area contributed by atoms with Gasteiger partial charge >= 0.3 is 0 Å². The molecule has 1 saturated heterocycles.